The molecule has 8 heteroatoms. The first kappa shape index (κ1) is 19.8. The number of carbonyl (C=O) groups excluding carboxylic acids is 1. The van der Waals surface area contributed by atoms with E-state index in [4.69, 9.17) is 11.6 Å². The SMILES string of the molecule is O=C1CC(c2cccs2)CC2=C1C(c1ccc(Cl)c([N+](=O)[O-])c1)Nc1ccccc1N2. The number of hydrogen-bond acceptors (Lipinski definition) is 6. The molecule has 2 heterocycles. The van der Waals surface area contributed by atoms with Gasteiger partial charge in [-0.2, -0.15) is 0 Å². The Morgan fingerprint density at radius 1 is 1.06 bits per heavy atom. The number of benzene rings is 2. The van der Waals surface area contributed by atoms with Crippen LogP contribution in [0.25, 0.3) is 0 Å². The molecule has 1 aliphatic carbocycles. The zero-order chi connectivity index (χ0) is 21.5. The van der Waals surface area contributed by atoms with Gasteiger partial charge in [0.15, 0.2) is 5.78 Å². The summed E-state index contributed by atoms with van der Waals surface area (Å²) in [6.45, 7) is 0. The van der Waals surface area contributed by atoms with Gasteiger partial charge in [-0.05, 0) is 41.6 Å². The molecule has 2 aromatic carbocycles. The van der Waals surface area contributed by atoms with Crippen LogP contribution in [0.4, 0.5) is 17.1 Å². The number of nitro groups is 1. The van der Waals surface area contributed by atoms with Gasteiger partial charge in [0, 0.05) is 34.6 Å². The number of anilines is 2. The summed E-state index contributed by atoms with van der Waals surface area (Å²) >= 11 is 7.69. The average molecular weight is 452 g/mol. The molecule has 5 rings (SSSR count). The monoisotopic (exact) mass is 451 g/mol. The number of nitrogens with one attached hydrogen (secondary N) is 2. The van der Waals surface area contributed by atoms with Crippen molar-refractivity contribution in [1.29, 1.82) is 0 Å². The Bertz CT molecular complexity index is 1220. The number of thiophene rings is 1. The largest absolute Gasteiger partial charge is 0.372 e. The Morgan fingerprint density at radius 2 is 1.87 bits per heavy atom. The van der Waals surface area contributed by atoms with E-state index in [-0.39, 0.29) is 22.4 Å². The van der Waals surface area contributed by atoms with Gasteiger partial charge >= 0.3 is 0 Å². The molecule has 6 nitrogen and oxygen atoms in total. The van der Waals surface area contributed by atoms with Crippen molar-refractivity contribution in [1.82, 2.24) is 0 Å². The van der Waals surface area contributed by atoms with Crippen molar-refractivity contribution in [2.24, 2.45) is 0 Å². The number of fused-ring (bicyclic) bond motifs is 1. The zero-order valence-electron chi connectivity index (χ0n) is 16.3. The van der Waals surface area contributed by atoms with Crippen LogP contribution in [0.15, 0.2) is 71.2 Å². The second-order valence-electron chi connectivity index (χ2n) is 7.65. The highest BCUT2D eigenvalue weighted by Gasteiger charge is 2.36. The van der Waals surface area contributed by atoms with E-state index < -0.39 is 11.0 Å². The lowest BCUT2D eigenvalue weighted by Crippen LogP contribution is -2.26. The summed E-state index contributed by atoms with van der Waals surface area (Å²) in [7, 11) is 0. The van der Waals surface area contributed by atoms with Gasteiger partial charge in [0.05, 0.1) is 22.3 Å². The first-order chi connectivity index (χ1) is 15.0. The second-order valence-corrected chi connectivity index (χ2v) is 9.04. The van der Waals surface area contributed by atoms with Crippen LogP contribution >= 0.6 is 22.9 Å². The number of rotatable bonds is 3. The maximum Gasteiger partial charge on any atom is 0.288 e. The lowest BCUT2D eigenvalue weighted by molar-refractivity contribution is -0.384. The van der Waals surface area contributed by atoms with Crippen LogP contribution in [0.5, 0.6) is 0 Å². The Kier molecular flexibility index (Phi) is 5.00. The van der Waals surface area contributed by atoms with E-state index in [1.54, 1.807) is 17.4 Å². The number of Topliss-reactive ketones (excluding diaryl/α,β-unsaturated/α-hetero) is 1. The average Bonchev–Trinajstić information content (AvgIpc) is 3.23. The molecule has 2 atom stereocenters. The highest BCUT2D eigenvalue weighted by Crippen LogP contribution is 2.45. The van der Waals surface area contributed by atoms with Crippen molar-refractivity contribution in [3.8, 4) is 0 Å². The molecule has 31 heavy (non-hydrogen) atoms. The van der Waals surface area contributed by atoms with E-state index in [9.17, 15) is 14.9 Å². The van der Waals surface area contributed by atoms with E-state index in [0.29, 0.717) is 24.0 Å². The lowest BCUT2D eigenvalue weighted by Gasteiger charge is -2.29. The van der Waals surface area contributed by atoms with Crippen molar-refractivity contribution in [3.05, 3.63) is 96.8 Å². The van der Waals surface area contributed by atoms with Crippen LogP contribution < -0.4 is 10.6 Å². The molecular weight excluding hydrogens is 434 g/mol. The summed E-state index contributed by atoms with van der Waals surface area (Å²) in [5, 5.41) is 20.5. The van der Waals surface area contributed by atoms with Gasteiger partial charge in [0.2, 0.25) is 0 Å². The summed E-state index contributed by atoms with van der Waals surface area (Å²) < 4.78 is 0. The third-order valence-electron chi connectivity index (χ3n) is 5.75. The third kappa shape index (κ3) is 3.60. The van der Waals surface area contributed by atoms with Crippen LogP contribution in [0.2, 0.25) is 5.02 Å². The molecule has 2 unspecified atom stereocenters. The number of carbonyl (C=O) groups is 1. The first-order valence-corrected chi connectivity index (χ1v) is 11.1. The molecule has 0 saturated carbocycles. The molecule has 0 saturated heterocycles. The third-order valence-corrected chi connectivity index (χ3v) is 7.11. The zero-order valence-corrected chi connectivity index (χ0v) is 17.9. The number of para-hydroxylation sites is 2. The number of hydrogen-bond donors (Lipinski definition) is 2. The standard InChI is InChI=1S/C23H18ClN3O3S/c24-15-8-7-13(11-19(15)27(29)30)23-22-18(25-16-4-1-2-5-17(16)26-23)10-14(12-20(22)28)21-6-3-9-31-21/h1-9,11,14,23,25-26H,10,12H2. The predicted octanol–water partition coefficient (Wildman–Crippen LogP) is 6.29. The molecule has 1 aliphatic heterocycles. The number of nitrogens with zero attached hydrogens (tertiary/aromatic N) is 1. The Balaban J connectivity index is 1.64. The topological polar surface area (TPSA) is 84.3 Å². The number of allylic oxidation sites excluding steroid dienone is 1. The fourth-order valence-electron chi connectivity index (χ4n) is 4.32. The quantitative estimate of drug-likeness (QED) is 0.361. The highest BCUT2D eigenvalue weighted by atomic mass is 35.5. The molecule has 1 aromatic heterocycles. The van der Waals surface area contributed by atoms with Crippen LogP contribution in [-0.2, 0) is 4.79 Å². The molecule has 0 fully saturated rings. The van der Waals surface area contributed by atoms with Crippen molar-refractivity contribution in [3.63, 3.8) is 0 Å². The van der Waals surface area contributed by atoms with Crippen LogP contribution in [-0.4, -0.2) is 10.7 Å². The fraction of sp³-hybridized carbons (Fsp3) is 0.174. The number of nitro benzene ring substituents is 1. The minimum absolute atomic E-state index is 0.0371. The molecule has 156 valence electrons. The summed E-state index contributed by atoms with van der Waals surface area (Å²) in [6.07, 6.45) is 1.11. The normalized spacial score (nSPS) is 20.2. The molecule has 0 radical (unpaired) electrons. The van der Waals surface area contributed by atoms with Crippen LogP contribution in [0, 0.1) is 10.1 Å². The fourth-order valence-corrected chi connectivity index (χ4v) is 5.33. The smallest absolute Gasteiger partial charge is 0.288 e. The second kappa shape index (κ2) is 7.83. The summed E-state index contributed by atoms with van der Waals surface area (Å²) in [5.74, 6) is 0.152. The molecule has 0 bridgehead atoms. The van der Waals surface area contributed by atoms with Crippen molar-refractivity contribution in [2.75, 3.05) is 10.6 Å². The van der Waals surface area contributed by atoms with Gasteiger partial charge in [-0.15, -0.1) is 11.3 Å². The summed E-state index contributed by atoms with van der Waals surface area (Å²) in [5.41, 5.74) is 3.65. The van der Waals surface area contributed by atoms with E-state index in [1.807, 2.05) is 35.7 Å². The van der Waals surface area contributed by atoms with Crippen LogP contribution in [0.1, 0.15) is 35.2 Å². The molecule has 0 spiro atoms. The van der Waals surface area contributed by atoms with E-state index in [1.165, 1.54) is 17.0 Å². The Morgan fingerprint density at radius 3 is 2.61 bits per heavy atom. The van der Waals surface area contributed by atoms with Crippen molar-refractivity contribution < 1.29 is 9.72 Å². The van der Waals surface area contributed by atoms with Gasteiger partial charge in [0.1, 0.15) is 5.02 Å². The minimum atomic E-state index is -0.515. The Hall–Kier alpha value is -3.16. The minimum Gasteiger partial charge on any atom is -0.372 e. The van der Waals surface area contributed by atoms with Gasteiger partial charge in [-0.1, -0.05) is 35.9 Å². The van der Waals surface area contributed by atoms with Crippen LogP contribution in [0.3, 0.4) is 0 Å². The van der Waals surface area contributed by atoms with E-state index in [2.05, 4.69) is 16.7 Å². The van der Waals surface area contributed by atoms with Crippen molar-refractivity contribution in [2.45, 2.75) is 24.8 Å². The molecular formula is C23H18ClN3O3S. The number of ketones is 1. The van der Waals surface area contributed by atoms with Crippen molar-refractivity contribution >= 4 is 45.8 Å². The van der Waals surface area contributed by atoms with E-state index in [0.717, 1.165) is 17.1 Å². The van der Waals surface area contributed by atoms with Gasteiger partial charge < -0.3 is 10.6 Å². The van der Waals surface area contributed by atoms with Gasteiger partial charge in [-0.25, -0.2) is 0 Å². The molecule has 3 aromatic rings. The maximum atomic E-state index is 13.4. The lowest BCUT2D eigenvalue weighted by atomic mass is 9.80. The van der Waals surface area contributed by atoms with E-state index >= 15 is 0 Å². The maximum absolute atomic E-state index is 13.4. The Labute approximate surface area is 187 Å². The predicted molar refractivity (Wildman–Crippen MR) is 123 cm³/mol. The van der Waals surface area contributed by atoms with Gasteiger partial charge in [0.25, 0.3) is 5.69 Å². The highest BCUT2D eigenvalue weighted by molar-refractivity contribution is 7.10. The molecule has 0 amide bonds. The first-order valence-electron chi connectivity index (χ1n) is 9.87. The number of halogens is 1. The molecule has 2 N–H and O–H groups in total. The molecule has 2 aliphatic rings. The summed E-state index contributed by atoms with van der Waals surface area (Å²) in [4.78, 5) is 25.6. The van der Waals surface area contributed by atoms with Gasteiger partial charge in [-0.3, -0.25) is 14.9 Å². The summed E-state index contributed by atoms with van der Waals surface area (Å²) in [6, 6.07) is 16.0.